The van der Waals surface area contributed by atoms with E-state index < -0.39 is 0 Å². The third-order valence-electron chi connectivity index (χ3n) is 5.79. The van der Waals surface area contributed by atoms with Crippen molar-refractivity contribution >= 4 is 34.8 Å². The number of hydrogen-bond donors (Lipinski definition) is 1. The van der Waals surface area contributed by atoms with Gasteiger partial charge in [0.2, 0.25) is 0 Å². The van der Waals surface area contributed by atoms with Gasteiger partial charge in [0, 0.05) is 40.9 Å². The summed E-state index contributed by atoms with van der Waals surface area (Å²) in [6.45, 7) is 5.35. The van der Waals surface area contributed by atoms with E-state index in [-0.39, 0.29) is 23.7 Å². The molecule has 1 aliphatic rings. The average Bonchev–Trinajstić information content (AvgIpc) is 2.94. The Labute approximate surface area is 178 Å². The highest BCUT2D eigenvalue weighted by atomic mass is 35.5. The van der Waals surface area contributed by atoms with Gasteiger partial charge in [-0.05, 0) is 69.6 Å². The number of rotatable bonds is 4. The number of ketones is 1. The Morgan fingerprint density at radius 1 is 1.14 bits per heavy atom. The van der Waals surface area contributed by atoms with Crippen molar-refractivity contribution in [3.05, 3.63) is 65.4 Å². The molecule has 156 valence electrons. The van der Waals surface area contributed by atoms with Crippen LogP contribution < -0.4 is 5.73 Å². The Morgan fingerprint density at radius 2 is 1.83 bits per heavy atom. The third-order valence-corrected chi connectivity index (χ3v) is 5.79. The van der Waals surface area contributed by atoms with Crippen LogP contribution in [0.1, 0.15) is 34.5 Å². The zero-order valence-corrected chi connectivity index (χ0v) is 17.8. The van der Waals surface area contributed by atoms with Crippen molar-refractivity contribution in [2.75, 3.05) is 25.9 Å². The summed E-state index contributed by atoms with van der Waals surface area (Å²) in [7, 11) is 2.20. The van der Waals surface area contributed by atoms with Crippen LogP contribution >= 0.6 is 12.4 Å². The molecule has 1 unspecified atom stereocenters. The second kappa shape index (κ2) is 9.44. The number of aromatic nitrogens is 1. The number of benzene rings is 2. The Kier molecular flexibility index (Phi) is 7.47. The van der Waals surface area contributed by atoms with Gasteiger partial charge in [-0.3, -0.25) is 4.79 Å². The first-order chi connectivity index (χ1) is 13.0. The lowest BCUT2D eigenvalue weighted by atomic mass is 9.98. The van der Waals surface area contributed by atoms with Gasteiger partial charge in [-0.25, -0.2) is 0 Å². The number of halogens is 1. The van der Waals surface area contributed by atoms with Crippen molar-refractivity contribution in [3.63, 3.8) is 0 Å². The normalized spacial score (nSPS) is 16.8. The van der Waals surface area contributed by atoms with Gasteiger partial charge < -0.3 is 20.7 Å². The molecule has 0 amide bonds. The van der Waals surface area contributed by atoms with E-state index in [1.807, 2.05) is 18.2 Å². The minimum Gasteiger partial charge on any atom is -0.412 e. The quantitative estimate of drug-likeness (QED) is 0.520. The van der Waals surface area contributed by atoms with Gasteiger partial charge in [0.05, 0.1) is 5.56 Å². The number of carbonyl (C=O) groups is 1. The summed E-state index contributed by atoms with van der Waals surface area (Å²) in [6.07, 6.45) is 2.49. The number of hydrogen-bond acceptors (Lipinski definition) is 3. The van der Waals surface area contributed by atoms with Crippen LogP contribution in [0.4, 0.5) is 5.69 Å². The first kappa shape index (κ1) is 22.9. The molecule has 0 saturated carbocycles. The summed E-state index contributed by atoms with van der Waals surface area (Å²) in [6, 6.07) is 15.5. The van der Waals surface area contributed by atoms with Crippen LogP contribution in [-0.2, 0) is 6.54 Å². The molecule has 6 heteroatoms. The van der Waals surface area contributed by atoms with Crippen LogP contribution in [0.5, 0.6) is 0 Å². The highest BCUT2D eigenvalue weighted by Crippen LogP contribution is 2.30. The van der Waals surface area contributed by atoms with Crippen molar-refractivity contribution in [2.24, 2.45) is 5.92 Å². The number of carbonyl (C=O) groups excluding carboxylic acids is 1. The Hall–Kier alpha value is -2.34. The van der Waals surface area contributed by atoms with E-state index in [2.05, 4.69) is 41.6 Å². The van der Waals surface area contributed by atoms with Gasteiger partial charge in [0.25, 0.3) is 0 Å². The number of nitrogen functional groups attached to an aromatic ring is 1. The van der Waals surface area contributed by atoms with E-state index in [1.54, 1.807) is 12.1 Å². The molecule has 1 aromatic heterocycles. The van der Waals surface area contributed by atoms with Crippen molar-refractivity contribution in [2.45, 2.75) is 26.3 Å². The predicted molar refractivity (Wildman–Crippen MR) is 122 cm³/mol. The zero-order valence-electron chi connectivity index (χ0n) is 17.0. The summed E-state index contributed by atoms with van der Waals surface area (Å²) in [5.41, 5.74) is 10.2. The van der Waals surface area contributed by atoms with Crippen molar-refractivity contribution in [1.29, 1.82) is 0 Å². The minimum atomic E-state index is 0. The summed E-state index contributed by atoms with van der Waals surface area (Å²) in [5.74, 6) is 0.695. The second-order valence-electron chi connectivity index (χ2n) is 7.81. The number of fused-ring (bicyclic) bond motifs is 1. The van der Waals surface area contributed by atoms with Crippen molar-refractivity contribution in [3.8, 4) is 0 Å². The molecule has 3 aromatic rings. The SMILES string of the molecule is Cc1c(C(=O)c2ccc(N)cc2)c2ccccc2n1CC1CCCN(C)C1.Cl.O. The molecule has 1 saturated heterocycles. The van der Waals surface area contributed by atoms with E-state index in [1.165, 1.54) is 19.4 Å². The molecule has 0 aliphatic carbocycles. The van der Waals surface area contributed by atoms with Crippen LogP contribution in [-0.4, -0.2) is 40.9 Å². The van der Waals surface area contributed by atoms with Crippen LogP contribution in [0.3, 0.4) is 0 Å². The molecular weight excluding hydrogens is 386 g/mol. The fraction of sp³-hybridized carbons (Fsp3) is 0.348. The molecular formula is C23H30ClN3O2. The van der Waals surface area contributed by atoms with Gasteiger partial charge in [-0.1, -0.05) is 18.2 Å². The van der Waals surface area contributed by atoms with Crippen molar-refractivity contribution < 1.29 is 10.3 Å². The highest BCUT2D eigenvalue weighted by Gasteiger charge is 2.24. The van der Waals surface area contributed by atoms with Gasteiger partial charge in [0.15, 0.2) is 5.78 Å². The maximum atomic E-state index is 13.3. The maximum Gasteiger partial charge on any atom is 0.195 e. The number of likely N-dealkylation sites (tertiary alicyclic amines) is 1. The molecule has 0 spiro atoms. The van der Waals surface area contributed by atoms with Crippen molar-refractivity contribution in [1.82, 2.24) is 9.47 Å². The molecule has 4 N–H and O–H groups in total. The van der Waals surface area contributed by atoms with Gasteiger partial charge >= 0.3 is 0 Å². The summed E-state index contributed by atoms with van der Waals surface area (Å²) in [4.78, 5) is 15.7. The smallest absolute Gasteiger partial charge is 0.195 e. The first-order valence-electron chi connectivity index (χ1n) is 9.71. The van der Waals surface area contributed by atoms with Crippen LogP contribution in [0.25, 0.3) is 10.9 Å². The predicted octanol–water partition coefficient (Wildman–Crippen LogP) is 3.70. The molecule has 29 heavy (non-hydrogen) atoms. The first-order valence-corrected chi connectivity index (χ1v) is 9.71. The largest absolute Gasteiger partial charge is 0.412 e. The van der Waals surface area contributed by atoms with E-state index in [0.29, 0.717) is 17.2 Å². The lowest BCUT2D eigenvalue weighted by Gasteiger charge is -2.30. The monoisotopic (exact) mass is 415 g/mol. The van der Waals surface area contributed by atoms with E-state index in [4.69, 9.17) is 5.73 Å². The third kappa shape index (κ3) is 4.47. The molecule has 4 rings (SSSR count). The summed E-state index contributed by atoms with van der Waals surface area (Å²) >= 11 is 0. The summed E-state index contributed by atoms with van der Waals surface area (Å²) < 4.78 is 2.35. The molecule has 1 aliphatic heterocycles. The number of nitrogens with two attached hydrogens (primary N) is 1. The highest BCUT2D eigenvalue weighted by molar-refractivity contribution is 6.17. The molecule has 0 bridgehead atoms. The molecule has 1 fully saturated rings. The molecule has 2 aromatic carbocycles. The standard InChI is InChI=1S/C23H27N3O.ClH.H2O/c1-16-22(23(27)18-9-11-19(24)12-10-18)20-7-3-4-8-21(20)26(16)15-17-6-5-13-25(2)14-17;;/h3-4,7-12,17H,5-6,13-15,24H2,1-2H3;1H;1H2. The fourth-order valence-electron chi connectivity index (χ4n) is 4.41. The molecule has 0 radical (unpaired) electrons. The fourth-order valence-corrected chi connectivity index (χ4v) is 4.41. The lowest BCUT2D eigenvalue weighted by Crippen LogP contribution is -2.34. The van der Waals surface area contributed by atoms with Gasteiger partial charge in [0.1, 0.15) is 0 Å². The molecule has 1 atom stereocenters. The topological polar surface area (TPSA) is 82.8 Å². The lowest BCUT2D eigenvalue weighted by molar-refractivity contribution is 0.103. The Balaban J connectivity index is 0.00000150. The summed E-state index contributed by atoms with van der Waals surface area (Å²) in [5, 5.41) is 1.04. The van der Waals surface area contributed by atoms with Gasteiger partial charge in [-0.2, -0.15) is 0 Å². The van der Waals surface area contributed by atoms with Crippen LogP contribution in [0.15, 0.2) is 48.5 Å². The number of nitrogens with zero attached hydrogens (tertiary/aromatic N) is 2. The second-order valence-corrected chi connectivity index (χ2v) is 7.81. The number of anilines is 1. The molecule has 2 heterocycles. The van der Waals surface area contributed by atoms with E-state index >= 15 is 0 Å². The Bertz CT molecular complexity index is 982. The maximum absolute atomic E-state index is 13.3. The van der Waals surface area contributed by atoms with E-state index in [0.717, 1.165) is 35.2 Å². The van der Waals surface area contributed by atoms with Crippen LogP contribution in [0, 0.1) is 12.8 Å². The Morgan fingerprint density at radius 3 is 2.52 bits per heavy atom. The van der Waals surface area contributed by atoms with Gasteiger partial charge in [-0.15, -0.1) is 12.4 Å². The number of para-hydroxylation sites is 1. The zero-order chi connectivity index (χ0) is 19.0. The average molecular weight is 416 g/mol. The minimum absolute atomic E-state index is 0. The van der Waals surface area contributed by atoms with Crippen LogP contribution in [0.2, 0.25) is 0 Å². The molecule has 5 nitrogen and oxygen atoms in total. The number of piperidine rings is 1. The van der Waals surface area contributed by atoms with E-state index in [9.17, 15) is 4.79 Å².